The van der Waals surface area contributed by atoms with Crippen LogP contribution in [0.15, 0.2) is 18.2 Å². The number of carbonyl (C=O) groups is 4. The number of benzene rings is 1. The first-order valence-corrected chi connectivity index (χ1v) is 16.5. The molecule has 0 fully saturated rings. The van der Waals surface area contributed by atoms with E-state index >= 15 is 0 Å². The van der Waals surface area contributed by atoms with Crippen LogP contribution in [0, 0.1) is 0 Å². The van der Waals surface area contributed by atoms with Crippen LogP contribution in [-0.2, 0) is 19.0 Å². The molecule has 2 atom stereocenters. The van der Waals surface area contributed by atoms with Gasteiger partial charge in [0.2, 0.25) is 0 Å². The highest BCUT2D eigenvalue weighted by Gasteiger charge is 2.24. The molecule has 0 aliphatic rings. The van der Waals surface area contributed by atoms with Gasteiger partial charge in [-0.15, -0.1) is 0 Å². The van der Waals surface area contributed by atoms with Gasteiger partial charge in [-0.3, -0.25) is 4.79 Å². The highest BCUT2D eigenvalue weighted by molar-refractivity contribution is 8.82. The normalized spacial score (nSPS) is 12.7. The summed E-state index contributed by atoms with van der Waals surface area (Å²) in [7, 11) is 4.79. The number of thioether (sulfide) groups is 1. The van der Waals surface area contributed by atoms with Crippen molar-refractivity contribution in [1.29, 1.82) is 0 Å². The van der Waals surface area contributed by atoms with Crippen molar-refractivity contribution in [1.82, 2.24) is 10.6 Å². The Morgan fingerprint density at radius 2 is 1.70 bits per heavy atom. The molecule has 0 aromatic heterocycles. The van der Waals surface area contributed by atoms with Crippen molar-refractivity contribution in [2.24, 2.45) is 0 Å². The van der Waals surface area contributed by atoms with Crippen molar-refractivity contribution >= 4 is 56.6 Å². The molecule has 0 heterocycles. The predicted molar refractivity (Wildman–Crippen MR) is 163 cm³/mol. The van der Waals surface area contributed by atoms with Crippen molar-refractivity contribution in [3.8, 4) is 5.75 Å². The minimum Gasteiger partial charge on any atom is -0.493 e. The van der Waals surface area contributed by atoms with E-state index in [1.807, 2.05) is 26.2 Å². The standard InChI is InChI=1S/C27H42N2O8S3/c1-17(2)20-10-9-19(15-21(20)23(30)29-22(12-14-38-8)24(31)34-6)36-13-11-18(16-39-40-26(33)35-7)28-25(32)37-27(3,4)5/h9-10,15,17-18,22H,11-14,16H2,1-8H3,(H,28,32)(H,29,30). The Morgan fingerprint density at radius 3 is 2.27 bits per heavy atom. The maximum atomic E-state index is 13.2. The molecule has 0 saturated carbocycles. The Bertz CT molecular complexity index is 985. The van der Waals surface area contributed by atoms with Crippen molar-refractivity contribution < 1.29 is 38.1 Å². The van der Waals surface area contributed by atoms with Crippen LogP contribution in [0.25, 0.3) is 0 Å². The Labute approximate surface area is 249 Å². The Kier molecular flexibility index (Phi) is 16.3. The zero-order valence-corrected chi connectivity index (χ0v) is 26.9. The van der Waals surface area contributed by atoms with Gasteiger partial charge in [-0.25, -0.2) is 14.4 Å². The molecule has 0 aliphatic heterocycles. The van der Waals surface area contributed by atoms with E-state index in [1.165, 1.54) is 25.0 Å². The molecule has 10 nitrogen and oxygen atoms in total. The van der Waals surface area contributed by atoms with E-state index < -0.39 is 29.0 Å². The molecule has 0 spiro atoms. The lowest BCUT2D eigenvalue weighted by molar-refractivity contribution is -0.142. The second kappa shape index (κ2) is 18.2. The Hall–Kier alpha value is -2.25. The van der Waals surface area contributed by atoms with Crippen LogP contribution < -0.4 is 15.4 Å². The summed E-state index contributed by atoms with van der Waals surface area (Å²) in [5.74, 6) is 0.756. The van der Waals surface area contributed by atoms with Gasteiger partial charge in [-0.1, -0.05) is 30.7 Å². The van der Waals surface area contributed by atoms with Crippen LogP contribution in [0.4, 0.5) is 9.59 Å². The van der Waals surface area contributed by atoms with Crippen LogP contribution in [0.1, 0.15) is 69.3 Å². The smallest absolute Gasteiger partial charge is 0.407 e. The van der Waals surface area contributed by atoms with Gasteiger partial charge >= 0.3 is 17.4 Å². The van der Waals surface area contributed by atoms with Gasteiger partial charge in [0, 0.05) is 34.6 Å². The molecule has 2 N–H and O–H groups in total. The van der Waals surface area contributed by atoms with Crippen LogP contribution in [0.5, 0.6) is 5.75 Å². The van der Waals surface area contributed by atoms with Crippen LogP contribution >= 0.6 is 33.3 Å². The molecule has 0 bridgehead atoms. The molecule has 0 saturated heterocycles. The van der Waals surface area contributed by atoms with Gasteiger partial charge in [0.15, 0.2) is 0 Å². The number of hydrogen-bond donors (Lipinski definition) is 2. The molecule has 13 heteroatoms. The lowest BCUT2D eigenvalue weighted by Crippen LogP contribution is -2.42. The third-order valence-electron chi connectivity index (χ3n) is 5.31. The third kappa shape index (κ3) is 13.9. The molecule has 2 amide bonds. The number of methoxy groups -OCH3 is 2. The van der Waals surface area contributed by atoms with E-state index in [4.69, 9.17) is 14.2 Å². The number of hydrogen-bond acceptors (Lipinski definition) is 11. The number of carbonyl (C=O) groups excluding carboxylic acids is 4. The predicted octanol–water partition coefficient (Wildman–Crippen LogP) is 5.64. The SMILES string of the molecule is COC(=O)SSCC(CCOc1ccc(C(C)C)c(C(=O)NC(CCSC)C(=O)OC)c1)NC(=O)OC(C)(C)C. The van der Waals surface area contributed by atoms with Crippen molar-refractivity contribution in [2.45, 2.75) is 71.1 Å². The number of nitrogens with one attached hydrogen (secondary N) is 2. The van der Waals surface area contributed by atoms with E-state index in [-0.39, 0.29) is 24.5 Å². The topological polar surface area (TPSA) is 129 Å². The second-order valence-electron chi connectivity index (χ2n) is 10.0. The number of ether oxygens (including phenoxy) is 4. The summed E-state index contributed by atoms with van der Waals surface area (Å²) in [4.78, 5) is 49.3. The molecule has 2 unspecified atom stereocenters. The number of amides is 2. The van der Waals surface area contributed by atoms with Crippen LogP contribution in [0.3, 0.4) is 0 Å². The van der Waals surface area contributed by atoms with Gasteiger partial charge in [-0.2, -0.15) is 11.8 Å². The summed E-state index contributed by atoms with van der Waals surface area (Å²) in [5.41, 5.74) is 0.578. The molecule has 1 aromatic rings. The van der Waals surface area contributed by atoms with Gasteiger partial charge < -0.3 is 29.6 Å². The van der Waals surface area contributed by atoms with Crippen molar-refractivity contribution in [2.75, 3.05) is 38.6 Å². The molecule has 40 heavy (non-hydrogen) atoms. The summed E-state index contributed by atoms with van der Waals surface area (Å²) in [6, 6.07) is 4.17. The number of alkyl carbamates (subject to hydrolysis) is 1. The minimum absolute atomic E-state index is 0.0596. The highest BCUT2D eigenvalue weighted by atomic mass is 33.1. The zero-order chi connectivity index (χ0) is 30.3. The van der Waals surface area contributed by atoms with Crippen LogP contribution in [-0.4, -0.2) is 79.5 Å². The fourth-order valence-electron chi connectivity index (χ4n) is 3.38. The summed E-state index contributed by atoms with van der Waals surface area (Å²) < 4.78 is 20.8. The van der Waals surface area contributed by atoms with Gasteiger partial charge in [0.05, 0.1) is 20.8 Å². The fraction of sp³-hybridized carbons (Fsp3) is 0.630. The summed E-state index contributed by atoms with van der Waals surface area (Å²) in [5, 5.41) is 5.19. The van der Waals surface area contributed by atoms with Crippen molar-refractivity contribution in [3.63, 3.8) is 0 Å². The highest BCUT2D eigenvalue weighted by Crippen LogP contribution is 2.27. The van der Waals surface area contributed by atoms with E-state index in [2.05, 4.69) is 15.4 Å². The minimum atomic E-state index is -0.755. The maximum Gasteiger partial charge on any atom is 0.407 e. The van der Waals surface area contributed by atoms with Gasteiger partial charge in [0.25, 0.3) is 5.91 Å². The van der Waals surface area contributed by atoms with Gasteiger partial charge in [0.1, 0.15) is 17.4 Å². The zero-order valence-electron chi connectivity index (χ0n) is 24.5. The first-order valence-electron chi connectivity index (χ1n) is 12.8. The molecule has 0 aliphatic carbocycles. The average Bonchev–Trinajstić information content (AvgIpc) is 2.88. The first kappa shape index (κ1) is 35.8. The lowest BCUT2D eigenvalue weighted by atomic mass is 9.96. The van der Waals surface area contributed by atoms with Crippen LogP contribution in [0.2, 0.25) is 0 Å². The van der Waals surface area contributed by atoms with Gasteiger partial charge in [-0.05, 0) is 62.8 Å². The molecule has 1 rings (SSSR count). The molecule has 0 radical (unpaired) electrons. The van der Waals surface area contributed by atoms with E-state index in [0.717, 1.165) is 16.4 Å². The summed E-state index contributed by atoms with van der Waals surface area (Å²) in [6.45, 7) is 9.51. The second-order valence-corrected chi connectivity index (χ2v) is 13.3. The summed E-state index contributed by atoms with van der Waals surface area (Å²) in [6.07, 6.45) is 2.23. The Morgan fingerprint density at radius 1 is 1.00 bits per heavy atom. The number of rotatable bonds is 15. The quantitative estimate of drug-likeness (QED) is 0.144. The van der Waals surface area contributed by atoms with E-state index in [0.29, 0.717) is 35.7 Å². The number of esters is 1. The Balaban J connectivity index is 2.97. The first-order chi connectivity index (χ1) is 18.8. The molecule has 1 aromatic carbocycles. The van der Waals surface area contributed by atoms with Crippen molar-refractivity contribution in [3.05, 3.63) is 29.3 Å². The maximum absolute atomic E-state index is 13.2. The molecular weight excluding hydrogens is 577 g/mol. The van der Waals surface area contributed by atoms with E-state index in [9.17, 15) is 19.2 Å². The monoisotopic (exact) mass is 618 g/mol. The molecule has 226 valence electrons. The fourth-order valence-corrected chi connectivity index (χ4v) is 5.68. The summed E-state index contributed by atoms with van der Waals surface area (Å²) >= 11 is 1.58. The molecular formula is C27H42N2O8S3. The average molecular weight is 619 g/mol. The third-order valence-corrected chi connectivity index (χ3v) is 8.08. The van der Waals surface area contributed by atoms with E-state index in [1.54, 1.807) is 44.7 Å². The lowest BCUT2D eigenvalue weighted by Gasteiger charge is -2.23. The largest absolute Gasteiger partial charge is 0.493 e.